The summed E-state index contributed by atoms with van der Waals surface area (Å²) >= 11 is 0. The van der Waals surface area contributed by atoms with Crippen LogP contribution in [0.4, 0.5) is 4.39 Å². The van der Waals surface area contributed by atoms with Crippen molar-refractivity contribution in [2.24, 2.45) is 5.73 Å². The molecule has 0 aromatic heterocycles. The summed E-state index contributed by atoms with van der Waals surface area (Å²) in [6.07, 6.45) is 0.983. The van der Waals surface area contributed by atoms with Gasteiger partial charge in [0, 0.05) is 5.54 Å². The third kappa shape index (κ3) is 4.95. The van der Waals surface area contributed by atoms with E-state index in [1.54, 1.807) is 12.1 Å². The molecular weight excluding hydrogens is 219 g/mol. The van der Waals surface area contributed by atoms with Gasteiger partial charge in [-0.3, -0.25) is 4.79 Å². The van der Waals surface area contributed by atoms with Crippen molar-refractivity contribution >= 4 is 5.91 Å². The van der Waals surface area contributed by atoms with Gasteiger partial charge in [0.2, 0.25) is 5.91 Å². The molecule has 1 amide bonds. The van der Waals surface area contributed by atoms with Crippen LogP contribution in [0.25, 0.3) is 0 Å². The first-order valence-electron chi connectivity index (χ1n) is 5.68. The molecule has 3 N–H and O–H groups in total. The summed E-state index contributed by atoms with van der Waals surface area (Å²) in [5, 5.41) is 2.91. The van der Waals surface area contributed by atoms with Crippen LogP contribution in [0, 0.1) is 5.82 Å². The molecule has 17 heavy (non-hydrogen) atoms. The van der Waals surface area contributed by atoms with Crippen LogP contribution in [0.2, 0.25) is 0 Å². The van der Waals surface area contributed by atoms with E-state index in [2.05, 4.69) is 5.32 Å². The van der Waals surface area contributed by atoms with Crippen LogP contribution in [-0.4, -0.2) is 18.0 Å². The number of carbonyl (C=O) groups excluding carboxylic acids is 1. The van der Waals surface area contributed by atoms with Gasteiger partial charge in [0.25, 0.3) is 0 Å². The van der Waals surface area contributed by atoms with Gasteiger partial charge in [-0.25, -0.2) is 4.39 Å². The highest BCUT2D eigenvalue weighted by Crippen LogP contribution is 2.08. The monoisotopic (exact) mass is 238 g/mol. The van der Waals surface area contributed by atoms with E-state index < -0.39 is 0 Å². The highest BCUT2D eigenvalue weighted by atomic mass is 19.1. The highest BCUT2D eigenvalue weighted by Gasteiger charge is 2.19. The summed E-state index contributed by atoms with van der Waals surface area (Å²) < 4.78 is 12.7. The summed E-state index contributed by atoms with van der Waals surface area (Å²) in [5.74, 6) is -0.368. The van der Waals surface area contributed by atoms with E-state index >= 15 is 0 Å². The van der Waals surface area contributed by atoms with Crippen LogP contribution in [0.5, 0.6) is 0 Å². The average Bonchev–Trinajstić information content (AvgIpc) is 2.20. The van der Waals surface area contributed by atoms with Crippen LogP contribution < -0.4 is 11.1 Å². The topological polar surface area (TPSA) is 55.1 Å². The molecule has 0 aliphatic carbocycles. The Morgan fingerprint density at radius 2 is 1.94 bits per heavy atom. The molecule has 94 valence electrons. The summed E-state index contributed by atoms with van der Waals surface area (Å²) in [4.78, 5) is 11.7. The number of nitrogens with one attached hydrogen (secondary N) is 1. The molecule has 1 rings (SSSR count). The van der Waals surface area contributed by atoms with Gasteiger partial charge in [0.15, 0.2) is 0 Å². The second kappa shape index (κ2) is 5.77. The normalized spacial score (nSPS) is 11.3. The van der Waals surface area contributed by atoms with Crippen LogP contribution in [0.1, 0.15) is 25.8 Å². The molecule has 0 aliphatic rings. The molecule has 4 heteroatoms. The molecule has 0 radical (unpaired) electrons. The Labute approximate surface area is 101 Å². The SMILES string of the molecule is CC(C)(CCN)NC(=O)Cc1ccc(F)cc1. The molecule has 0 saturated heterocycles. The smallest absolute Gasteiger partial charge is 0.224 e. The van der Waals surface area contributed by atoms with Crippen molar-refractivity contribution in [1.29, 1.82) is 0 Å². The molecule has 3 nitrogen and oxygen atoms in total. The Morgan fingerprint density at radius 1 is 1.35 bits per heavy atom. The Bertz CT molecular complexity index is 374. The number of amides is 1. The maximum Gasteiger partial charge on any atom is 0.224 e. The maximum absolute atomic E-state index is 12.7. The van der Waals surface area contributed by atoms with E-state index in [4.69, 9.17) is 5.73 Å². The van der Waals surface area contributed by atoms with E-state index in [1.807, 2.05) is 13.8 Å². The fourth-order valence-electron chi connectivity index (χ4n) is 1.63. The first kappa shape index (κ1) is 13.6. The van der Waals surface area contributed by atoms with Gasteiger partial charge in [0.1, 0.15) is 5.82 Å². The minimum Gasteiger partial charge on any atom is -0.351 e. The van der Waals surface area contributed by atoms with Gasteiger partial charge < -0.3 is 11.1 Å². The second-order valence-electron chi connectivity index (χ2n) is 4.77. The minimum absolute atomic E-state index is 0.0740. The molecule has 0 atom stereocenters. The Balaban J connectivity index is 2.52. The number of carbonyl (C=O) groups is 1. The first-order chi connectivity index (χ1) is 7.93. The molecule has 0 unspecified atom stereocenters. The van der Waals surface area contributed by atoms with Crippen molar-refractivity contribution in [3.8, 4) is 0 Å². The van der Waals surface area contributed by atoms with Crippen molar-refractivity contribution in [3.05, 3.63) is 35.6 Å². The van der Waals surface area contributed by atoms with Crippen molar-refractivity contribution in [1.82, 2.24) is 5.32 Å². The van der Waals surface area contributed by atoms with Gasteiger partial charge in [0.05, 0.1) is 6.42 Å². The van der Waals surface area contributed by atoms with E-state index in [0.29, 0.717) is 6.54 Å². The zero-order valence-corrected chi connectivity index (χ0v) is 10.3. The molecule has 1 aromatic carbocycles. The van der Waals surface area contributed by atoms with Crippen molar-refractivity contribution in [3.63, 3.8) is 0 Å². The molecule has 0 heterocycles. The van der Waals surface area contributed by atoms with Crippen LogP contribution in [-0.2, 0) is 11.2 Å². The Kier molecular flexibility index (Phi) is 4.63. The molecule has 0 saturated carbocycles. The van der Waals surface area contributed by atoms with E-state index in [9.17, 15) is 9.18 Å². The van der Waals surface area contributed by atoms with Crippen LogP contribution in [0.3, 0.4) is 0 Å². The molecule has 0 aliphatic heterocycles. The first-order valence-corrected chi connectivity index (χ1v) is 5.68. The molecule has 0 fully saturated rings. The van der Waals surface area contributed by atoms with E-state index in [-0.39, 0.29) is 23.7 Å². The maximum atomic E-state index is 12.7. The summed E-state index contributed by atoms with van der Waals surface area (Å²) in [6.45, 7) is 4.40. The zero-order valence-electron chi connectivity index (χ0n) is 10.3. The van der Waals surface area contributed by atoms with Gasteiger partial charge in [-0.2, -0.15) is 0 Å². The zero-order chi connectivity index (χ0) is 12.9. The molecule has 0 bridgehead atoms. The fourth-order valence-corrected chi connectivity index (χ4v) is 1.63. The number of hydrogen-bond donors (Lipinski definition) is 2. The number of halogens is 1. The molecular formula is C13H19FN2O. The lowest BCUT2D eigenvalue weighted by Gasteiger charge is -2.25. The van der Waals surface area contributed by atoms with Crippen molar-refractivity contribution in [2.45, 2.75) is 32.2 Å². The van der Waals surface area contributed by atoms with Crippen molar-refractivity contribution in [2.75, 3.05) is 6.54 Å². The number of nitrogens with two attached hydrogens (primary N) is 1. The lowest BCUT2D eigenvalue weighted by Crippen LogP contribution is -2.45. The lowest BCUT2D eigenvalue weighted by atomic mass is 10.00. The second-order valence-corrected chi connectivity index (χ2v) is 4.77. The van der Waals surface area contributed by atoms with Gasteiger partial charge >= 0.3 is 0 Å². The number of hydrogen-bond acceptors (Lipinski definition) is 2. The van der Waals surface area contributed by atoms with E-state index in [1.165, 1.54) is 12.1 Å². The van der Waals surface area contributed by atoms with E-state index in [0.717, 1.165) is 12.0 Å². The largest absolute Gasteiger partial charge is 0.351 e. The van der Waals surface area contributed by atoms with Crippen LogP contribution in [0.15, 0.2) is 24.3 Å². The highest BCUT2D eigenvalue weighted by molar-refractivity contribution is 5.79. The van der Waals surface area contributed by atoms with Gasteiger partial charge in [-0.05, 0) is 44.5 Å². The van der Waals surface area contributed by atoms with Crippen LogP contribution >= 0.6 is 0 Å². The van der Waals surface area contributed by atoms with Gasteiger partial charge in [-0.1, -0.05) is 12.1 Å². The standard InChI is InChI=1S/C13H19FN2O/c1-13(2,7-8-15)16-12(17)9-10-3-5-11(14)6-4-10/h3-6H,7-9,15H2,1-2H3,(H,16,17). The lowest BCUT2D eigenvalue weighted by molar-refractivity contribution is -0.122. The van der Waals surface area contributed by atoms with Gasteiger partial charge in [-0.15, -0.1) is 0 Å². The predicted octanol–water partition coefficient (Wildman–Crippen LogP) is 1.61. The quantitative estimate of drug-likeness (QED) is 0.819. The Morgan fingerprint density at radius 3 is 2.47 bits per heavy atom. The summed E-state index contributed by atoms with van der Waals surface area (Å²) in [5.41, 5.74) is 5.97. The third-order valence-corrected chi connectivity index (χ3v) is 2.53. The molecule has 1 aromatic rings. The summed E-state index contributed by atoms with van der Waals surface area (Å²) in [7, 11) is 0. The predicted molar refractivity (Wildman–Crippen MR) is 66.0 cm³/mol. The van der Waals surface area contributed by atoms with Crippen molar-refractivity contribution < 1.29 is 9.18 Å². The minimum atomic E-state index is -0.300. The molecule has 0 spiro atoms. The summed E-state index contributed by atoms with van der Waals surface area (Å²) in [6, 6.07) is 5.94. The number of benzene rings is 1. The average molecular weight is 238 g/mol. The number of rotatable bonds is 5. The Hall–Kier alpha value is -1.42. The fraction of sp³-hybridized carbons (Fsp3) is 0.462. The third-order valence-electron chi connectivity index (χ3n) is 2.53.